The number of esters is 1. The number of carbonyl (C=O) groups excluding carboxylic acids is 1. The van der Waals surface area contributed by atoms with Crippen molar-refractivity contribution >= 4 is 17.7 Å². The fourth-order valence-electron chi connectivity index (χ4n) is 1.83. The van der Waals surface area contributed by atoms with Crippen LogP contribution in [-0.4, -0.2) is 29.3 Å². The molecule has 0 aliphatic rings. The summed E-state index contributed by atoms with van der Waals surface area (Å²) in [5, 5.41) is 0.224. The Labute approximate surface area is 128 Å². The minimum absolute atomic E-state index is 0.198. The minimum Gasteiger partial charge on any atom is -0.465 e. The number of rotatable bonds is 4. The number of carbonyl (C=O) groups is 1. The highest BCUT2D eigenvalue weighted by atomic mass is 32.2. The Hall–Kier alpha value is -2.09. The molecule has 2 aromatic rings. The van der Waals surface area contributed by atoms with E-state index in [1.165, 1.54) is 18.2 Å². The lowest BCUT2D eigenvalue weighted by molar-refractivity contribution is 0.0595. The van der Waals surface area contributed by atoms with Gasteiger partial charge in [-0.05, 0) is 18.4 Å². The zero-order valence-corrected chi connectivity index (χ0v) is 12.5. The van der Waals surface area contributed by atoms with E-state index in [0.717, 1.165) is 25.1 Å². The van der Waals surface area contributed by atoms with Gasteiger partial charge in [-0.3, -0.25) is 0 Å². The Kier molecular flexibility index (Phi) is 5.02. The van der Waals surface area contributed by atoms with Gasteiger partial charge in [0.25, 0.3) is 6.43 Å². The van der Waals surface area contributed by atoms with Crippen molar-refractivity contribution in [1.82, 2.24) is 9.97 Å². The molecule has 0 amide bonds. The minimum atomic E-state index is -2.87. The van der Waals surface area contributed by atoms with Gasteiger partial charge in [0.1, 0.15) is 5.82 Å². The number of benzene rings is 1. The molecule has 0 N–H and O–H groups in total. The van der Waals surface area contributed by atoms with Crippen molar-refractivity contribution in [2.75, 3.05) is 13.4 Å². The Morgan fingerprint density at radius 1 is 1.36 bits per heavy atom. The number of halogens is 3. The van der Waals surface area contributed by atoms with E-state index in [-0.39, 0.29) is 22.0 Å². The molecule has 0 unspecified atom stereocenters. The third-order valence-corrected chi connectivity index (χ3v) is 3.43. The molecular formula is C14H11F3N2O2S. The van der Waals surface area contributed by atoms with Crippen molar-refractivity contribution in [2.24, 2.45) is 0 Å². The van der Waals surface area contributed by atoms with Crippen LogP contribution in [0, 0.1) is 5.82 Å². The molecule has 1 aromatic heterocycles. The van der Waals surface area contributed by atoms with E-state index in [1.54, 1.807) is 6.26 Å². The van der Waals surface area contributed by atoms with Gasteiger partial charge in [-0.2, -0.15) is 0 Å². The Morgan fingerprint density at radius 3 is 2.68 bits per heavy atom. The van der Waals surface area contributed by atoms with Crippen LogP contribution in [-0.2, 0) is 4.74 Å². The fraction of sp³-hybridized carbons (Fsp3) is 0.214. The maximum Gasteiger partial charge on any atom is 0.340 e. The first-order chi connectivity index (χ1) is 10.5. The Morgan fingerprint density at radius 2 is 2.09 bits per heavy atom. The topological polar surface area (TPSA) is 52.1 Å². The van der Waals surface area contributed by atoms with Crippen molar-refractivity contribution in [1.29, 1.82) is 0 Å². The van der Waals surface area contributed by atoms with Gasteiger partial charge < -0.3 is 4.74 Å². The fourth-order valence-corrected chi connectivity index (χ4v) is 2.17. The first kappa shape index (κ1) is 16.3. The number of thioether (sulfide) groups is 1. The van der Waals surface area contributed by atoms with E-state index in [0.29, 0.717) is 0 Å². The maximum absolute atomic E-state index is 14.5. The number of methoxy groups -OCH3 is 1. The number of hydrogen-bond donors (Lipinski definition) is 0. The van der Waals surface area contributed by atoms with Crippen molar-refractivity contribution in [3.63, 3.8) is 0 Å². The molecule has 1 aromatic carbocycles. The second kappa shape index (κ2) is 6.78. The zero-order valence-electron chi connectivity index (χ0n) is 11.6. The summed E-state index contributed by atoms with van der Waals surface area (Å²) in [7, 11) is 1.11. The molecule has 1 heterocycles. The molecule has 0 saturated carbocycles. The monoisotopic (exact) mass is 328 g/mol. The molecule has 2 rings (SSSR count). The number of ether oxygens (including phenoxy) is 1. The van der Waals surface area contributed by atoms with Gasteiger partial charge in [0.05, 0.1) is 23.9 Å². The van der Waals surface area contributed by atoms with Crippen molar-refractivity contribution < 1.29 is 22.7 Å². The van der Waals surface area contributed by atoms with E-state index in [9.17, 15) is 18.0 Å². The van der Waals surface area contributed by atoms with Crippen molar-refractivity contribution in [2.45, 2.75) is 11.6 Å². The van der Waals surface area contributed by atoms with Crippen LogP contribution in [0.4, 0.5) is 13.2 Å². The molecule has 0 fully saturated rings. The average Bonchev–Trinajstić information content (AvgIpc) is 2.53. The average molecular weight is 328 g/mol. The van der Waals surface area contributed by atoms with Crippen LogP contribution in [0.2, 0.25) is 0 Å². The van der Waals surface area contributed by atoms with Crippen LogP contribution in [0.5, 0.6) is 0 Å². The van der Waals surface area contributed by atoms with E-state index in [4.69, 9.17) is 0 Å². The molecule has 0 atom stereocenters. The smallest absolute Gasteiger partial charge is 0.340 e. The maximum atomic E-state index is 14.5. The van der Waals surface area contributed by atoms with E-state index in [1.807, 2.05) is 0 Å². The molecule has 0 spiro atoms. The second-order valence-electron chi connectivity index (χ2n) is 4.12. The SMILES string of the molecule is COC(=O)c1cccc(-c2nc(SC)ncc2C(F)F)c1F. The summed E-state index contributed by atoms with van der Waals surface area (Å²) in [5.74, 6) is -1.85. The Bertz CT molecular complexity index is 710. The number of aromatic nitrogens is 2. The molecule has 4 nitrogen and oxygen atoms in total. The largest absolute Gasteiger partial charge is 0.465 e. The van der Waals surface area contributed by atoms with Gasteiger partial charge in [0.15, 0.2) is 5.16 Å². The molecule has 0 saturated heterocycles. The van der Waals surface area contributed by atoms with Crippen LogP contribution in [0.3, 0.4) is 0 Å². The molecule has 0 aliphatic heterocycles. The van der Waals surface area contributed by atoms with E-state index < -0.39 is 23.8 Å². The van der Waals surface area contributed by atoms with Crippen LogP contribution in [0.1, 0.15) is 22.3 Å². The predicted molar refractivity (Wildman–Crippen MR) is 75.5 cm³/mol. The molecule has 0 bridgehead atoms. The number of hydrogen-bond acceptors (Lipinski definition) is 5. The van der Waals surface area contributed by atoms with Gasteiger partial charge >= 0.3 is 5.97 Å². The van der Waals surface area contributed by atoms with Crippen LogP contribution < -0.4 is 0 Å². The van der Waals surface area contributed by atoms with Crippen LogP contribution in [0.15, 0.2) is 29.6 Å². The molecule has 0 radical (unpaired) electrons. The summed E-state index contributed by atoms with van der Waals surface area (Å²) in [6.07, 6.45) is -0.238. The molecule has 22 heavy (non-hydrogen) atoms. The quantitative estimate of drug-likeness (QED) is 0.486. The van der Waals surface area contributed by atoms with E-state index >= 15 is 0 Å². The predicted octanol–water partition coefficient (Wildman–Crippen LogP) is 3.73. The summed E-state index contributed by atoms with van der Waals surface area (Å²) in [6.45, 7) is 0. The summed E-state index contributed by atoms with van der Waals surface area (Å²) >= 11 is 1.14. The second-order valence-corrected chi connectivity index (χ2v) is 4.89. The summed E-state index contributed by atoms with van der Waals surface area (Å²) < 4.78 is 45.1. The highest BCUT2D eigenvalue weighted by Gasteiger charge is 2.23. The standard InChI is InChI=1S/C14H11F3N2O2S/c1-21-13(20)8-5-3-4-7(10(8)15)11-9(12(16)17)6-18-14(19-11)22-2/h3-6,12H,1-2H3. The molecular weight excluding hydrogens is 317 g/mol. The van der Waals surface area contributed by atoms with E-state index in [2.05, 4.69) is 14.7 Å². The summed E-state index contributed by atoms with van der Waals surface area (Å²) in [6, 6.07) is 3.87. The Balaban J connectivity index is 2.68. The van der Waals surface area contributed by atoms with Crippen molar-refractivity contribution in [3.8, 4) is 11.3 Å². The van der Waals surface area contributed by atoms with Gasteiger partial charge in [-0.15, -0.1) is 0 Å². The zero-order chi connectivity index (χ0) is 16.3. The molecule has 0 aliphatic carbocycles. The highest BCUT2D eigenvalue weighted by molar-refractivity contribution is 7.98. The molecule has 8 heteroatoms. The first-order valence-corrected chi connectivity index (χ1v) is 7.28. The third-order valence-electron chi connectivity index (χ3n) is 2.87. The lowest BCUT2D eigenvalue weighted by Crippen LogP contribution is -2.07. The number of alkyl halides is 2. The highest BCUT2D eigenvalue weighted by Crippen LogP contribution is 2.32. The summed E-state index contributed by atoms with van der Waals surface area (Å²) in [5.41, 5.74) is -1.28. The van der Waals surface area contributed by atoms with Gasteiger partial charge in [0, 0.05) is 11.8 Å². The van der Waals surface area contributed by atoms with Crippen molar-refractivity contribution in [3.05, 3.63) is 41.3 Å². The van der Waals surface area contributed by atoms with Gasteiger partial charge in [0.2, 0.25) is 0 Å². The third kappa shape index (κ3) is 3.06. The normalized spacial score (nSPS) is 10.8. The lowest BCUT2D eigenvalue weighted by atomic mass is 10.0. The number of nitrogens with zero attached hydrogens (tertiary/aromatic N) is 2. The van der Waals surface area contributed by atoms with Gasteiger partial charge in [-0.1, -0.05) is 17.8 Å². The lowest BCUT2D eigenvalue weighted by Gasteiger charge is -2.11. The molecule has 116 valence electrons. The summed E-state index contributed by atoms with van der Waals surface area (Å²) in [4.78, 5) is 19.2. The van der Waals surface area contributed by atoms with Gasteiger partial charge in [-0.25, -0.2) is 27.9 Å². The van der Waals surface area contributed by atoms with Crippen LogP contribution >= 0.6 is 11.8 Å². The first-order valence-electron chi connectivity index (χ1n) is 6.05. The van der Waals surface area contributed by atoms with Crippen LogP contribution in [0.25, 0.3) is 11.3 Å².